The van der Waals surface area contributed by atoms with E-state index in [0.717, 1.165) is 0 Å². The minimum atomic E-state index is -5.76. The average Bonchev–Trinajstić information content (AvgIpc) is 1.59. The topological polar surface area (TPSA) is 76.0 Å². The molecule has 0 spiro atoms. The molecule has 0 aromatic heterocycles. The monoisotopic (exact) mass is 162 g/mol. The van der Waals surface area contributed by atoms with E-state index in [2.05, 4.69) is 9.48 Å². The summed E-state index contributed by atoms with van der Waals surface area (Å²) in [5.74, 6) is 0. The third kappa shape index (κ3) is 7.99. The van der Waals surface area contributed by atoms with Gasteiger partial charge in [-0.25, -0.2) is 9.37 Å². The summed E-state index contributed by atoms with van der Waals surface area (Å²) in [7, 11) is -8.27. The molecule has 54 valence electrons. The predicted molar refractivity (Wildman–Crippen MR) is 22.2 cm³/mol. The zero-order valence-corrected chi connectivity index (χ0v) is 4.79. The Hall–Kier alpha value is -0.00506. The molecule has 0 unspecified atom stereocenters. The molecule has 2 N–H and O–H groups in total. The Morgan fingerprint density at radius 1 is 1.44 bits per heavy atom. The molecule has 0 amide bonds. The molecular weight excluding hydrogens is 160 g/mol. The highest BCUT2D eigenvalue weighted by molar-refractivity contribution is 7.47. The second-order valence-corrected chi connectivity index (χ2v) is 1.89. The first kappa shape index (κ1) is 8.99. The van der Waals surface area contributed by atoms with Crippen LogP contribution in [0.25, 0.3) is 0 Å². The third-order valence-corrected chi connectivity index (χ3v) is 0.475. The standard InChI is InChI=1S/BF2H2O5P/c2-9(3,6)8-7-1(4)5/h4-5H. The number of hydrogen-bond acceptors (Lipinski definition) is 5. The Morgan fingerprint density at radius 3 is 2.00 bits per heavy atom. The van der Waals surface area contributed by atoms with Gasteiger partial charge in [0.15, 0.2) is 0 Å². The zero-order valence-electron chi connectivity index (χ0n) is 3.90. The fourth-order valence-corrected chi connectivity index (χ4v) is 0.266. The molecule has 0 aliphatic carbocycles. The van der Waals surface area contributed by atoms with Crippen LogP contribution >= 0.6 is 7.99 Å². The highest BCUT2D eigenvalue weighted by Gasteiger charge is 2.25. The van der Waals surface area contributed by atoms with Gasteiger partial charge in [0.1, 0.15) is 0 Å². The van der Waals surface area contributed by atoms with Gasteiger partial charge in [-0.05, 0) is 0 Å². The van der Waals surface area contributed by atoms with Gasteiger partial charge in [-0.3, -0.25) is 0 Å². The Labute approximate surface area is 49.0 Å². The maximum Gasteiger partial charge on any atom is 0.663 e. The maximum absolute atomic E-state index is 11.1. The Morgan fingerprint density at radius 2 is 1.89 bits per heavy atom. The van der Waals surface area contributed by atoms with Crippen LogP contribution in [0.1, 0.15) is 0 Å². The molecule has 0 aromatic carbocycles. The summed E-state index contributed by atoms with van der Waals surface area (Å²) in [6, 6.07) is 0. The first-order valence-electron chi connectivity index (χ1n) is 1.62. The highest BCUT2D eigenvalue weighted by Crippen LogP contribution is 2.50. The van der Waals surface area contributed by atoms with E-state index in [1.54, 1.807) is 0 Å². The molecular formula is H2BF2O5P. The van der Waals surface area contributed by atoms with Gasteiger partial charge in [-0.2, -0.15) is 0 Å². The minimum absolute atomic E-state index is 2.51. The van der Waals surface area contributed by atoms with Gasteiger partial charge in [-0.15, -0.1) is 13.1 Å². The van der Waals surface area contributed by atoms with Crippen LogP contribution in [0.4, 0.5) is 8.39 Å². The molecule has 9 heavy (non-hydrogen) atoms. The molecule has 0 atom stereocenters. The number of hydrogen-bond donors (Lipinski definition) is 2. The van der Waals surface area contributed by atoms with Crippen LogP contribution in [0.3, 0.4) is 0 Å². The summed E-state index contributed by atoms with van der Waals surface area (Å²) in [6.45, 7) is 0. The Bertz CT molecular complexity index is 118. The van der Waals surface area contributed by atoms with Crippen molar-refractivity contribution in [1.29, 1.82) is 0 Å². The van der Waals surface area contributed by atoms with Crippen molar-refractivity contribution in [2.75, 3.05) is 0 Å². The van der Waals surface area contributed by atoms with Gasteiger partial charge in [0, 0.05) is 0 Å². The third-order valence-electron chi connectivity index (χ3n) is 0.216. The van der Waals surface area contributed by atoms with Crippen LogP contribution in [-0.2, 0) is 14.0 Å². The lowest BCUT2D eigenvalue weighted by Gasteiger charge is -1.97. The summed E-state index contributed by atoms with van der Waals surface area (Å²) in [5.41, 5.74) is 0. The molecule has 0 saturated heterocycles. The summed E-state index contributed by atoms with van der Waals surface area (Å²) in [4.78, 5) is 3.00. The molecule has 0 radical (unpaired) electrons. The molecule has 0 rings (SSSR count). The van der Waals surface area contributed by atoms with E-state index in [-0.39, 0.29) is 0 Å². The first-order valence-corrected chi connectivity index (χ1v) is 3.03. The average molecular weight is 162 g/mol. The number of rotatable bonds is 3. The van der Waals surface area contributed by atoms with Gasteiger partial charge >= 0.3 is 15.3 Å². The molecule has 0 aliphatic rings. The summed E-state index contributed by atoms with van der Waals surface area (Å²) in [5, 5.41) is 15.3. The van der Waals surface area contributed by atoms with Crippen LogP contribution in [0.15, 0.2) is 0 Å². The van der Waals surface area contributed by atoms with Crippen LogP contribution in [0, 0.1) is 0 Å². The van der Waals surface area contributed by atoms with Gasteiger partial charge in [-0.1, -0.05) is 0 Å². The van der Waals surface area contributed by atoms with Crippen molar-refractivity contribution in [2.45, 2.75) is 0 Å². The SMILES string of the molecule is O=P(F)(F)OOB(O)O. The van der Waals surface area contributed by atoms with Crippen LogP contribution in [-0.4, -0.2) is 17.4 Å². The van der Waals surface area contributed by atoms with Crippen molar-refractivity contribution in [3.05, 3.63) is 0 Å². The van der Waals surface area contributed by atoms with E-state index in [1.807, 2.05) is 0 Å². The Kier molecular flexibility index (Phi) is 3.23. The maximum atomic E-state index is 11.1. The van der Waals surface area contributed by atoms with E-state index in [9.17, 15) is 13.0 Å². The number of halogens is 2. The normalized spacial score (nSPS) is 11.6. The van der Waals surface area contributed by atoms with Crippen LogP contribution in [0.2, 0.25) is 0 Å². The Balaban J connectivity index is 3.40. The summed E-state index contributed by atoms with van der Waals surface area (Å²) in [6.07, 6.45) is 0. The van der Waals surface area contributed by atoms with Gasteiger partial charge in [0.2, 0.25) is 0 Å². The highest BCUT2D eigenvalue weighted by atomic mass is 31.2. The van der Waals surface area contributed by atoms with Crippen molar-refractivity contribution in [1.82, 2.24) is 0 Å². The zero-order chi connectivity index (χ0) is 7.49. The predicted octanol–water partition coefficient (Wildman–Crippen LogP) is -0.0488. The minimum Gasteiger partial charge on any atom is -0.400 e. The van der Waals surface area contributed by atoms with Gasteiger partial charge in [0.05, 0.1) is 0 Å². The van der Waals surface area contributed by atoms with Crippen molar-refractivity contribution < 1.29 is 32.5 Å². The molecule has 9 heteroatoms. The van der Waals surface area contributed by atoms with Crippen LogP contribution in [0.5, 0.6) is 0 Å². The van der Waals surface area contributed by atoms with E-state index >= 15 is 0 Å². The largest absolute Gasteiger partial charge is 0.663 e. The lowest BCUT2D eigenvalue weighted by Crippen LogP contribution is -2.15. The van der Waals surface area contributed by atoms with Crippen LogP contribution < -0.4 is 0 Å². The van der Waals surface area contributed by atoms with Crippen molar-refractivity contribution >= 4 is 15.3 Å². The van der Waals surface area contributed by atoms with Gasteiger partial charge in [0.25, 0.3) is 0 Å². The van der Waals surface area contributed by atoms with E-state index < -0.39 is 15.3 Å². The summed E-state index contributed by atoms with van der Waals surface area (Å²) < 4.78 is 34.1. The second kappa shape index (κ2) is 3.24. The fourth-order valence-electron chi connectivity index (χ4n) is 0.0886. The second-order valence-electron chi connectivity index (χ2n) is 0.911. The van der Waals surface area contributed by atoms with Gasteiger partial charge < -0.3 is 10.0 Å². The molecule has 5 nitrogen and oxygen atoms in total. The van der Waals surface area contributed by atoms with E-state index in [4.69, 9.17) is 10.0 Å². The lowest BCUT2D eigenvalue weighted by atomic mass is 10.3. The molecule has 0 aliphatic heterocycles. The molecule has 0 fully saturated rings. The molecule has 0 bridgehead atoms. The molecule has 0 saturated carbocycles. The molecule has 0 aromatic rings. The lowest BCUT2D eigenvalue weighted by molar-refractivity contribution is -0.148. The van der Waals surface area contributed by atoms with E-state index in [0.29, 0.717) is 0 Å². The van der Waals surface area contributed by atoms with Crippen molar-refractivity contribution in [3.63, 3.8) is 0 Å². The van der Waals surface area contributed by atoms with Crippen molar-refractivity contribution in [3.8, 4) is 0 Å². The first-order chi connectivity index (χ1) is 3.92. The summed E-state index contributed by atoms with van der Waals surface area (Å²) >= 11 is 0. The molecule has 0 heterocycles. The fraction of sp³-hybridized carbons (Fsp3) is 0. The van der Waals surface area contributed by atoms with E-state index in [1.165, 1.54) is 0 Å². The smallest absolute Gasteiger partial charge is 0.400 e. The van der Waals surface area contributed by atoms with Crippen molar-refractivity contribution in [2.24, 2.45) is 0 Å². The quantitative estimate of drug-likeness (QED) is 0.263.